The monoisotopic (exact) mass is 135 g/mol. The Bertz CT molecular complexity index is 206. The molecule has 0 aromatic heterocycles. The van der Waals surface area contributed by atoms with Crippen LogP contribution < -0.4 is 0 Å². The molecule has 1 radical (unpaired) electrons. The Kier molecular flexibility index (Phi) is 2.32. The van der Waals surface area contributed by atoms with Gasteiger partial charge in [-0.15, -0.1) is 0 Å². The zero-order valence-electron chi connectivity index (χ0n) is 6.04. The molecule has 0 aliphatic heterocycles. The van der Waals surface area contributed by atoms with Crippen LogP contribution in [-0.4, -0.2) is 5.11 Å². The summed E-state index contributed by atoms with van der Waals surface area (Å²) in [6.45, 7) is 2.00. The van der Waals surface area contributed by atoms with Crippen molar-refractivity contribution in [1.82, 2.24) is 0 Å². The van der Waals surface area contributed by atoms with Gasteiger partial charge in [0.1, 0.15) is 5.75 Å². The summed E-state index contributed by atoms with van der Waals surface area (Å²) in [5.41, 5.74) is 1.16. The van der Waals surface area contributed by atoms with Crippen molar-refractivity contribution >= 4 is 0 Å². The van der Waals surface area contributed by atoms with Gasteiger partial charge in [-0.05, 0) is 30.5 Å². The van der Waals surface area contributed by atoms with Crippen LogP contribution in [0.15, 0.2) is 24.3 Å². The van der Waals surface area contributed by atoms with Crippen LogP contribution in [0.3, 0.4) is 0 Å². The first-order valence-electron chi connectivity index (χ1n) is 3.38. The average Bonchev–Trinajstić information content (AvgIpc) is 1.88. The number of aromatic hydroxyl groups is 1. The normalized spacial score (nSPS) is 9.70. The lowest BCUT2D eigenvalue weighted by Crippen LogP contribution is -1.80. The van der Waals surface area contributed by atoms with Gasteiger partial charge >= 0.3 is 0 Å². The van der Waals surface area contributed by atoms with Crippen molar-refractivity contribution in [1.29, 1.82) is 0 Å². The van der Waals surface area contributed by atoms with E-state index < -0.39 is 0 Å². The number of phenolic OH excluding ortho intramolecular Hbond substituents is 1. The molecule has 1 N–H and O–H groups in total. The molecule has 10 heavy (non-hydrogen) atoms. The number of phenols is 1. The Balaban J connectivity index is 2.75. The van der Waals surface area contributed by atoms with E-state index in [1.165, 1.54) is 0 Å². The van der Waals surface area contributed by atoms with Gasteiger partial charge in [-0.25, -0.2) is 0 Å². The van der Waals surface area contributed by atoms with E-state index in [2.05, 4.69) is 6.42 Å². The molecule has 1 aromatic carbocycles. The summed E-state index contributed by atoms with van der Waals surface area (Å²) in [7, 11) is 0. The SMILES string of the molecule is C[CH]Cc1cccc(O)c1. The van der Waals surface area contributed by atoms with Crippen molar-refractivity contribution in [2.45, 2.75) is 13.3 Å². The highest BCUT2D eigenvalue weighted by molar-refractivity contribution is 5.27. The van der Waals surface area contributed by atoms with Gasteiger partial charge in [0.2, 0.25) is 0 Å². The Hall–Kier alpha value is -0.980. The first-order valence-corrected chi connectivity index (χ1v) is 3.38. The van der Waals surface area contributed by atoms with E-state index >= 15 is 0 Å². The maximum atomic E-state index is 9.03. The highest BCUT2D eigenvalue weighted by Crippen LogP contribution is 2.11. The first-order chi connectivity index (χ1) is 4.83. The van der Waals surface area contributed by atoms with E-state index in [-0.39, 0.29) is 0 Å². The maximum absolute atomic E-state index is 9.03. The highest BCUT2D eigenvalue weighted by Gasteiger charge is 1.90. The summed E-state index contributed by atoms with van der Waals surface area (Å²) in [4.78, 5) is 0. The van der Waals surface area contributed by atoms with Gasteiger partial charge in [-0.3, -0.25) is 0 Å². The number of hydrogen-bond acceptors (Lipinski definition) is 1. The predicted octanol–water partition coefficient (Wildman–Crippen LogP) is 2.16. The third kappa shape index (κ3) is 1.76. The molecule has 0 saturated heterocycles. The van der Waals surface area contributed by atoms with Crippen molar-refractivity contribution in [3.63, 3.8) is 0 Å². The van der Waals surface area contributed by atoms with Gasteiger partial charge in [-0.2, -0.15) is 0 Å². The van der Waals surface area contributed by atoms with Gasteiger partial charge in [0.05, 0.1) is 0 Å². The molecule has 0 unspecified atom stereocenters. The van der Waals surface area contributed by atoms with Crippen LogP contribution in [0.2, 0.25) is 0 Å². The molecule has 1 nitrogen and oxygen atoms in total. The molecule has 0 spiro atoms. The molecule has 0 amide bonds. The van der Waals surface area contributed by atoms with Crippen LogP contribution in [0, 0.1) is 6.42 Å². The number of benzene rings is 1. The largest absolute Gasteiger partial charge is 0.508 e. The quantitative estimate of drug-likeness (QED) is 0.658. The maximum Gasteiger partial charge on any atom is 0.115 e. The minimum absolute atomic E-state index is 0.347. The Morgan fingerprint density at radius 3 is 2.90 bits per heavy atom. The highest BCUT2D eigenvalue weighted by atomic mass is 16.3. The molecule has 0 saturated carbocycles. The molecule has 1 aromatic rings. The molecule has 53 valence electrons. The topological polar surface area (TPSA) is 20.2 Å². The van der Waals surface area contributed by atoms with Crippen molar-refractivity contribution in [3.05, 3.63) is 36.2 Å². The minimum atomic E-state index is 0.347. The van der Waals surface area contributed by atoms with Gasteiger partial charge in [0, 0.05) is 0 Å². The van der Waals surface area contributed by atoms with Gasteiger partial charge in [0.25, 0.3) is 0 Å². The Morgan fingerprint density at radius 1 is 1.50 bits per heavy atom. The molecule has 0 aliphatic carbocycles. The van der Waals surface area contributed by atoms with E-state index in [9.17, 15) is 0 Å². The molecular weight excluding hydrogens is 124 g/mol. The van der Waals surface area contributed by atoms with Crippen molar-refractivity contribution < 1.29 is 5.11 Å². The lowest BCUT2D eigenvalue weighted by Gasteiger charge is -1.96. The Labute approximate surface area is 61.3 Å². The van der Waals surface area contributed by atoms with Crippen molar-refractivity contribution in [3.8, 4) is 5.75 Å². The molecule has 0 bridgehead atoms. The van der Waals surface area contributed by atoms with Crippen LogP contribution in [0.25, 0.3) is 0 Å². The van der Waals surface area contributed by atoms with E-state index in [0.717, 1.165) is 12.0 Å². The summed E-state index contributed by atoms with van der Waals surface area (Å²) < 4.78 is 0. The van der Waals surface area contributed by atoms with E-state index in [0.29, 0.717) is 5.75 Å². The summed E-state index contributed by atoms with van der Waals surface area (Å²) in [6.07, 6.45) is 2.99. The van der Waals surface area contributed by atoms with Crippen LogP contribution in [0.4, 0.5) is 0 Å². The number of hydrogen-bond donors (Lipinski definition) is 1. The predicted molar refractivity (Wildman–Crippen MR) is 41.8 cm³/mol. The van der Waals surface area contributed by atoms with Crippen LogP contribution in [0.5, 0.6) is 5.75 Å². The van der Waals surface area contributed by atoms with E-state index in [1.54, 1.807) is 12.1 Å². The zero-order chi connectivity index (χ0) is 7.40. The second-order valence-corrected chi connectivity index (χ2v) is 2.28. The zero-order valence-corrected chi connectivity index (χ0v) is 6.04. The van der Waals surface area contributed by atoms with E-state index in [1.807, 2.05) is 19.1 Å². The summed E-state index contributed by atoms with van der Waals surface area (Å²) in [6, 6.07) is 7.31. The van der Waals surface area contributed by atoms with Crippen LogP contribution in [0.1, 0.15) is 12.5 Å². The lowest BCUT2D eigenvalue weighted by atomic mass is 10.1. The second kappa shape index (κ2) is 3.25. The third-order valence-electron chi connectivity index (χ3n) is 1.35. The third-order valence-corrected chi connectivity index (χ3v) is 1.35. The number of rotatable bonds is 2. The van der Waals surface area contributed by atoms with Crippen LogP contribution in [-0.2, 0) is 6.42 Å². The first kappa shape index (κ1) is 7.13. The fourth-order valence-electron chi connectivity index (χ4n) is 0.919. The smallest absolute Gasteiger partial charge is 0.115 e. The summed E-state index contributed by atoms with van der Waals surface area (Å²) in [5.74, 6) is 0.347. The molecule has 0 heterocycles. The average molecular weight is 135 g/mol. The summed E-state index contributed by atoms with van der Waals surface area (Å²) in [5, 5.41) is 9.03. The molecule has 1 rings (SSSR count). The van der Waals surface area contributed by atoms with Crippen molar-refractivity contribution in [2.24, 2.45) is 0 Å². The summed E-state index contributed by atoms with van der Waals surface area (Å²) >= 11 is 0. The van der Waals surface area contributed by atoms with E-state index in [4.69, 9.17) is 5.11 Å². The molecular formula is C9H11O. The fourth-order valence-corrected chi connectivity index (χ4v) is 0.919. The molecule has 0 fully saturated rings. The fraction of sp³-hybridized carbons (Fsp3) is 0.222. The standard InChI is InChI=1S/C9H11O/c1-2-4-8-5-3-6-9(10)7-8/h2-3,5-7,10H,4H2,1H3. The Morgan fingerprint density at radius 2 is 2.30 bits per heavy atom. The van der Waals surface area contributed by atoms with Gasteiger partial charge < -0.3 is 5.11 Å². The molecule has 0 aliphatic rings. The van der Waals surface area contributed by atoms with Crippen molar-refractivity contribution in [2.75, 3.05) is 0 Å². The minimum Gasteiger partial charge on any atom is -0.508 e. The van der Waals surface area contributed by atoms with Crippen LogP contribution >= 0.6 is 0 Å². The van der Waals surface area contributed by atoms with Gasteiger partial charge in [-0.1, -0.05) is 19.1 Å². The van der Waals surface area contributed by atoms with Gasteiger partial charge in [0.15, 0.2) is 0 Å². The lowest BCUT2D eigenvalue weighted by molar-refractivity contribution is 0.474. The second-order valence-electron chi connectivity index (χ2n) is 2.28. The molecule has 1 heteroatoms. The molecule has 0 atom stereocenters.